The molecule has 2 heterocycles. The van der Waals surface area contributed by atoms with E-state index >= 15 is 0 Å². The lowest BCUT2D eigenvalue weighted by molar-refractivity contribution is -0.122. The Hall–Kier alpha value is -3.25. The Bertz CT molecular complexity index is 857. The molecule has 0 spiro atoms. The summed E-state index contributed by atoms with van der Waals surface area (Å²) < 4.78 is 0. The number of nitrogens with zero attached hydrogens (tertiary/aromatic N) is 4. The van der Waals surface area contributed by atoms with Crippen molar-refractivity contribution < 1.29 is 4.79 Å². The number of carbonyl (C=O) groups excluding carboxylic acids is 1. The molecule has 0 atom stereocenters. The van der Waals surface area contributed by atoms with E-state index in [-0.39, 0.29) is 11.9 Å². The van der Waals surface area contributed by atoms with E-state index < -0.39 is 0 Å². The highest BCUT2D eigenvalue weighted by Gasteiger charge is 2.22. The highest BCUT2D eigenvalue weighted by molar-refractivity contribution is 5.79. The van der Waals surface area contributed by atoms with E-state index in [0.29, 0.717) is 6.54 Å². The third-order valence-electron chi connectivity index (χ3n) is 5.15. The van der Waals surface area contributed by atoms with Crippen LogP contribution in [-0.4, -0.2) is 53.5 Å². The fourth-order valence-electron chi connectivity index (χ4n) is 3.62. The summed E-state index contributed by atoms with van der Waals surface area (Å²) >= 11 is 0. The van der Waals surface area contributed by atoms with Gasteiger partial charge < -0.3 is 10.2 Å². The average molecular weight is 387 g/mol. The van der Waals surface area contributed by atoms with Gasteiger partial charge in [0.15, 0.2) is 0 Å². The van der Waals surface area contributed by atoms with Crippen molar-refractivity contribution in [2.24, 2.45) is 0 Å². The van der Waals surface area contributed by atoms with Crippen LogP contribution in [0.4, 0.5) is 5.95 Å². The second kappa shape index (κ2) is 9.30. The van der Waals surface area contributed by atoms with Crippen LogP contribution in [0.5, 0.6) is 0 Å². The van der Waals surface area contributed by atoms with E-state index in [1.54, 1.807) is 12.4 Å². The first-order chi connectivity index (χ1) is 14.3. The van der Waals surface area contributed by atoms with Gasteiger partial charge in [0.05, 0.1) is 12.6 Å². The molecule has 0 aliphatic carbocycles. The summed E-state index contributed by atoms with van der Waals surface area (Å²) in [5.41, 5.74) is 2.16. The molecule has 148 valence electrons. The van der Waals surface area contributed by atoms with Gasteiger partial charge in [-0.3, -0.25) is 9.69 Å². The molecule has 0 radical (unpaired) electrons. The molecule has 6 nitrogen and oxygen atoms in total. The van der Waals surface area contributed by atoms with Gasteiger partial charge in [0.1, 0.15) is 0 Å². The van der Waals surface area contributed by atoms with Crippen molar-refractivity contribution in [3.05, 3.63) is 90.3 Å². The van der Waals surface area contributed by atoms with Gasteiger partial charge >= 0.3 is 0 Å². The molecule has 0 unspecified atom stereocenters. The molecule has 2 aromatic carbocycles. The van der Waals surface area contributed by atoms with Crippen LogP contribution in [0.3, 0.4) is 0 Å². The van der Waals surface area contributed by atoms with Gasteiger partial charge in [-0.25, -0.2) is 9.97 Å². The van der Waals surface area contributed by atoms with Gasteiger partial charge in [-0.2, -0.15) is 0 Å². The minimum Gasteiger partial charge on any atom is -0.344 e. The van der Waals surface area contributed by atoms with Gasteiger partial charge in [0.25, 0.3) is 0 Å². The number of hydrogen-bond donors (Lipinski definition) is 1. The molecule has 1 aliphatic rings. The normalized spacial score (nSPS) is 14.7. The van der Waals surface area contributed by atoms with Crippen LogP contribution in [0.2, 0.25) is 0 Å². The van der Waals surface area contributed by atoms with Crippen LogP contribution in [-0.2, 0) is 4.79 Å². The van der Waals surface area contributed by atoms with Crippen molar-refractivity contribution in [2.45, 2.75) is 6.04 Å². The number of hydrogen-bond acceptors (Lipinski definition) is 5. The maximum absolute atomic E-state index is 12.8. The lowest BCUT2D eigenvalue weighted by Gasteiger charge is -2.34. The average Bonchev–Trinajstić information content (AvgIpc) is 2.80. The van der Waals surface area contributed by atoms with Crippen LogP contribution in [0.25, 0.3) is 0 Å². The molecule has 29 heavy (non-hydrogen) atoms. The van der Waals surface area contributed by atoms with Crippen LogP contribution in [0.15, 0.2) is 79.1 Å². The van der Waals surface area contributed by atoms with Crippen molar-refractivity contribution in [3.8, 4) is 0 Å². The Morgan fingerprint density at radius 2 is 1.38 bits per heavy atom. The number of nitrogens with one attached hydrogen (secondary N) is 1. The van der Waals surface area contributed by atoms with Gasteiger partial charge in [-0.1, -0.05) is 60.7 Å². The molecule has 0 bridgehead atoms. The molecule has 0 saturated carbocycles. The first kappa shape index (κ1) is 19.1. The van der Waals surface area contributed by atoms with Crippen molar-refractivity contribution in [3.63, 3.8) is 0 Å². The highest BCUT2D eigenvalue weighted by atomic mass is 16.2. The van der Waals surface area contributed by atoms with Gasteiger partial charge in [0.2, 0.25) is 11.9 Å². The molecule has 1 aliphatic heterocycles. The fourth-order valence-corrected chi connectivity index (χ4v) is 3.62. The molecular weight excluding hydrogens is 362 g/mol. The molecule has 1 amide bonds. The third kappa shape index (κ3) is 4.97. The summed E-state index contributed by atoms with van der Waals surface area (Å²) in [6.45, 7) is 3.65. The fraction of sp³-hybridized carbons (Fsp3) is 0.261. The minimum atomic E-state index is -0.149. The number of anilines is 1. The third-order valence-corrected chi connectivity index (χ3v) is 5.15. The number of piperazine rings is 1. The van der Waals surface area contributed by atoms with Crippen LogP contribution in [0.1, 0.15) is 17.2 Å². The second-order valence-corrected chi connectivity index (χ2v) is 7.13. The SMILES string of the molecule is O=C(CN1CCN(c2ncccn2)CC1)NC(c1ccccc1)c1ccccc1. The molecule has 1 saturated heterocycles. The minimum absolute atomic E-state index is 0.0344. The lowest BCUT2D eigenvalue weighted by Crippen LogP contribution is -2.50. The Kier molecular flexibility index (Phi) is 6.12. The zero-order chi connectivity index (χ0) is 19.9. The summed E-state index contributed by atoms with van der Waals surface area (Å²) in [6, 6.07) is 21.9. The summed E-state index contributed by atoms with van der Waals surface area (Å²) in [4.78, 5) is 25.8. The van der Waals surface area contributed by atoms with E-state index in [2.05, 4.69) is 49.4 Å². The Morgan fingerprint density at radius 3 is 1.93 bits per heavy atom. The topological polar surface area (TPSA) is 61.4 Å². The Morgan fingerprint density at radius 1 is 0.828 bits per heavy atom. The molecule has 4 rings (SSSR count). The van der Waals surface area contributed by atoms with E-state index in [9.17, 15) is 4.79 Å². The number of amides is 1. The lowest BCUT2D eigenvalue weighted by atomic mass is 9.99. The number of aromatic nitrogens is 2. The summed E-state index contributed by atoms with van der Waals surface area (Å²) in [6.07, 6.45) is 3.52. The predicted molar refractivity (Wildman–Crippen MR) is 114 cm³/mol. The molecule has 1 N–H and O–H groups in total. The van der Waals surface area contributed by atoms with Crippen molar-refractivity contribution in [2.75, 3.05) is 37.6 Å². The van der Waals surface area contributed by atoms with Crippen LogP contribution in [0, 0.1) is 0 Å². The largest absolute Gasteiger partial charge is 0.344 e. The van der Waals surface area contributed by atoms with Gasteiger partial charge in [0, 0.05) is 38.6 Å². The van der Waals surface area contributed by atoms with Crippen LogP contribution >= 0.6 is 0 Å². The Labute approximate surface area is 171 Å². The molecule has 1 fully saturated rings. The first-order valence-corrected chi connectivity index (χ1v) is 9.93. The maximum Gasteiger partial charge on any atom is 0.234 e. The summed E-state index contributed by atoms with van der Waals surface area (Å²) in [5.74, 6) is 0.789. The van der Waals surface area contributed by atoms with Crippen molar-refractivity contribution >= 4 is 11.9 Å². The number of rotatable bonds is 6. The zero-order valence-electron chi connectivity index (χ0n) is 16.3. The Balaban J connectivity index is 1.37. The van der Waals surface area contributed by atoms with E-state index in [1.807, 2.05) is 42.5 Å². The number of benzene rings is 2. The quantitative estimate of drug-likeness (QED) is 0.704. The van der Waals surface area contributed by atoms with E-state index in [0.717, 1.165) is 43.3 Å². The number of carbonyl (C=O) groups is 1. The predicted octanol–water partition coefficient (Wildman–Crippen LogP) is 2.50. The molecule has 3 aromatic rings. The summed E-state index contributed by atoms with van der Waals surface area (Å²) in [5, 5.41) is 3.22. The first-order valence-electron chi connectivity index (χ1n) is 9.93. The molecular formula is C23H25N5O. The smallest absolute Gasteiger partial charge is 0.234 e. The highest BCUT2D eigenvalue weighted by Crippen LogP contribution is 2.21. The van der Waals surface area contributed by atoms with E-state index in [1.165, 1.54) is 0 Å². The maximum atomic E-state index is 12.8. The standard InChI is InChI=1S/C23H25N5O/c29-21(18-27-14-16-28(17-15-27)23-24-12-7-13-25-23)26-22(19-8-3-1-4-9-19)20-10-5-2-6-11-20/h1-13,22H,14-18H2,(H,26,29). The van der Waals surface area contributed by atoms with Crippen molar-refractivity contribution in [1.82, 2.24) is 20.2 Å². The zero-order valence-corrected chi connectivity index (χ0v) is 16.3. The van der Waals surface area contributed by atoms with Gasteiger partial charge in [-0.05, 0) is 17.2 Å². The van der Waals surface area contributed by atoms with Crippen LogP contribution < -0.4 is 10.2 Å². The second-order valence-electron chi connectivity index (χ2n) is 7.13. The van der Waals surface area contributed by atoms with E-state index in [4.69, 9.17) is 0 Å². The monoisotopic (exact) mass is 387 g/mol. The molecule has 6 heteroatoms. The van der Waals surface area contributed by atoms with Crippen molar-refractivity contribution in [1.29, 1.82) is 0 Å². The van der Waals surface area contributed by atoms with Gasteiger partial charge in [-0.15, -0.1) is 0 Å². The molecule has 1 aromatic heterocycles. The summed E-state index contributed by atoms with van der Waals surface area (Å²) in [7, 11) is 0.